The molecule has 0 fully saturated rings. The van der Waals surface area contributed by atoms with Gasteiger partial charge in [0.2, 0.25) is 11.6 Å². The van der Waals surface area contributed by atoms with E-state index in [4.69, 9.17) is 16.7 Å². The maximum atomic E-state index is 13.2. The van der Waals surface area contributed by atoms with Gasteiger partial charge in [-0.3, -0.25) is 10.1 Å². The van der Waals surface area contributed by atoms with Crippen molar-refractivity contribution in [2.24, 2.45) is 0 Å². The molecule has 17 heavy (non-hydrogen) atoms. The summed E-state index contributed by atoms with van der Waals surface area (Å²) in [5.74, 6) is -2.60. The van der Waals surface area contributed by atoms with Gasteiger partial charge in [-0.15, -0.1) is 11.6 Å². The summed E-state index contributed by atoms with van der Waals surface area (Å²) >= 11 is 5.32. The number of nitrogens with one attached hydrogen (secondary N) is 1. The van der Waals surface area contributed by atoms with E-state index in [-0.39, 0.29) is 18.1 Å². The van der Waals surface area contributed by atoms with Crippen LogP contribution in [0, 0.1) is 21.7 Å². The minimum atomic E-state index is -1.28. The Morgan fingerprint density at radius 1 is 1.47 bits per heavy atom. The van der Waals surface area contributed by atoms with Gasteiger partial charge in [-0.2, -0.15) is 8.78 Å². The van der Waals surface area contributed by atoms with Crippen LogP contribution in [-0.4, -0.2) is 28.6 Å². The van der Waals surface area contributed by atoms with E-state index in [9.17, 15) is 18.9 Å². The van der Waals surface area contributed by atoms with Gasteiger partial charge in [0.05, 0.1) is 16.9 Å². The highest BCUT2D eigenvalue weighted by Crippen LogP contribution is 2.25. The van der Waals surface area contributed by atoms with Crippen LogP contribution in [-0.2, 0) is 0 Å². The first-order valence-electron chi connectivity index (χ1n) is 4.57. The second kappa shape index (κ2) is 5.74. The number of anilines is 1. The lowest BCUT2D eigenvalue weighted by Crippen LogP contribution is -2.20. The van der Waals surface area contributed by atoms with Crippen LogP contribution in [0.15, 0.2) is 12.1 Å². The normalized spacial score (nSPS) is 12.2. The number of benzene rings is 1. The fourth-order valence-electron chi connectivity index (χ4n) is 1.13. The second-order valence-corrected chi connectivity index (χ2v) is 3.54. The summed E-state index contributed by atoms with van der Waals surface area (Å²) in [7, 11) is 0. The number of nitro benzene ring substituents is 1. The molecule has 1 unspecified atom stereocenters. The van der Waals surface area contributed by atoms with Crippen molar-refractivity contribution in [1.82, 2.24) is 0 Å². The van der Waals surface area contributed by atoms with Gasteiger partial charge in [0, 0.05) is 24.4 Å². The Morgan fingerprint density at radius 2 is 2.00 bits per heavy atom. The van der Waals surface area contributed by atoms with Gasteiger partial charge in [-0.25, -0.2) is 0 Å². The summed E-state index contributed by atoms with van der Waals surface area (Å²) in [6.45, 7) is -0.0137. The largest absolute Gasteiger partial charge is 0.390 e. The van der Waals surface area contributed by atoms with Crippen molar-refractivity contribution in [2.45, 2.75) is 6.10 Å². The molecule has 0 aliphatic heterocycles. The van der Waals surface area contributed by atoms with Gasteiger partial charge >= 0.3 is 5.69 Å². The zero-order chi connectivity index (χ0) is 13.0. The first-order chi connectivity index (χ1) is 7.95. The lowest BCUT2D eigenvalue weighted by atomic mass is 10.2. The van der Waals surface area contributed by atoms with Gasteiger partial charge in [0.15, 0.2) is 0 Å². The highest BCUT2D eigenvalue weighted by molar-refractivity contribution is 6.18. The summed E-state index contributed by atoms with van der Waals surface area (Å²) in [5.41, 5.74) is -1.21. The summed E-state index contributed by atoms with van der Waals surface area (Å²) < 4.78 is 26.3. The lowest BCUT2D eigenvalue weighted by Gasteiger charge is -2.10. The molecule has 94 valence electrons. The van der Waals surface area contributed by atoms with Crippen molar-refractivity contribution in [3.8, 4) is 0 Å². The monoisotopic (exact) mass is 266 g/mol. The van der Waals surface area contributed by atoms with E-state index in [1.807, 2.05) is 0 Å². The molecule has 0 amide bonds. The topological polar surface area (TPSA) is 75.4 Å². The van der Waals surface area contributed by atoms with Crippen molar-refractivity contribution in [3.05, 3.63) is 33.9 Å². The van der Waals surface area contributed by atoms with Crippen LogP contribution in [0.1, 0.15) is 0 Å². The number of aliphatic hydroxyl groups is 1. The summed E-state index contributed by atoms with van der Waals surface area (Å²) in [4.78, 5) is 9.18. The molecule has 0 bridgehead atoms. The fraction of sp³-hybridized carbons (Fsp3) is 0.333. The maximum Gasteiger partial charge on any atom is 0.340 e. The van der Waals surface area contributed by atoms with E-state index in [2.05, 4.69) is 5.32 Å². The van der Waals surface area contributed by atoms with Crippen molar-refractivity contribution < 1.29 is 18.8 Å². The highest BCUT2D eigenvalue weighted by atomic mass is 35.5. The van der Waals surface area contributed by atoms with Crippen molar-refractivity contribution in [1.29, 1.82) is 0 Å². The number of nitro groups is 1. The zero-order valence-electron chi connectivity index (χ0n) is 8.49. The number of rotatable bonds is 5. The molecule has 0 aliphatic rings. The zero-order valence-corrected chi connectivity index (χ0v) is 9.25. The number of aliphatic hydroxyl groups excluding tert-OH is 1. The van der Waals surface area contributed by atoms with Crippen LogP contribution in [0.4, 0.5) is 20.2 Å². The van der Waals surface area contributed by atoms with E-state index >= 15 is 0 Å². The van der Waals surface area contributed by atoms with Crippen molar-refractivity contribution in [3.63, 3.8) is 0 Å². The number of hydrogen-bond acceptors (Lipinski definition) is 4. The number of nitrogens with zero attached hydrogens (tertiary/aromatic N) is 1. The Balaban J connectivity index is 2.87. The molecule has 0 aromatic heterocycles. The average Bonchev–Trinajstić information content (AvgIpc) is 2.24. The predicted octanol–water partition coefficient (Wildman–Crippen LogP) is 1.88. The molecule has 8 heteroatoms. The minimum absolute atomic E-state index is 0.00485. The fourth-order valence-corrected chi connectivity index (χ4v) is 1.24. The molecule has 1 rings (SSSR count). The van der Waals surface area contributed by atoms with Gasteiger partial charge in [-0.1, -0.05) is 0 Å². The lowest BCUT2D eigenvalue weighted by molar-refractivity contribution is -0.390. The molecule has 5 nitrogen and oxygen atoms in total. The Morgan fingerprint density at radius 3 is 2.41 bits per heavy atom. The average molecular weight is 267 g/mol. The second-order valence-electron chi connectivity index (χ2n) is 3.23. The quantitative estimate of drug-likeness (QED) is 0.485. The van der Waals surface area contributed by atoms with Crippen LogP contribution in [0.2, 0.25) is 0 Å². The van der Waals surface area contributed by atoms with E-state index in [1.165, 1.54) is 0 Å². The molecular weight excluding hydrogens is 258 g/mol. The molecule has 2 N–H and O–H groups in total. The third kappa shape index (κ3) is 3.50. The molecule has 0 heterocycles. The Bertz CT molecular complexity index is 408. The van der Waals surface area contributed by atoms with Gasteiger partial charge < -0.3 is 10.4 Å². The summed E-state index contributed by atoms with van der Waals surface area (Å²) in [5, 5.41) is 21.9. The molecule has 0 aliphatic carbocycles. The maximum absolute atomic E-state index is 13.2. The van der Waals surface area contributed by atoms with Crippen molar-refractivity contribution in [2.75, 3.05) is 17.7 Å². The molecule has 0 saturated carbocycles. The molecule has 0 saturated heterocycles. The molecule has 0 radical (unpaired) electrons. The molecule has 0 spiro atoms. The predicted molar refractivity (Wildman–Crippen MR) is 58.2 cm³/mol. The SMILES string of the molecule is O=[N+]([O-])c1c(F)cc(NCC(O)CCl)cc1F. The molecular formula is C9H9ClF2N2O3. The summed E-state index contributed by atoms with van der Waals surface area (Å²) in [6, 6.07) is 1.56. The van der Waals surface area contributed by atoms with Gasteiger partial charge in [0.25, 0.3) is 0 Å². The van der Waals surface area contributed by atoms with Crippen molar-refractivity contribution >= 4 is 23.0 Å². The van der Waals surface area contributed by atoms with Gasteiger partial charge in [-0.05, 0) is 0 Å². The van der Waals surface area contributed by atoms with E-state index < -0.39 is 28.3 Å². The third-order valence-electron chi connectivity index (χ3n) is 1.92. The standard InChI is InChI=1S/C9H9ClF2N2O3/c10-3-6(15)4-13-5-1-7(11)9(14(16)17)8(12)2-5/h1-2,6,13,15H,3-4H2. The van der Waals surface area contributed by atoms with Crippen LogP contribution < -0.4 is 5.32 Å². The molecule has 1 aromatic carbocycles. The Labute approximate surface area is 100 Å². The third-order valence-corrected chi connectivity index (χ3v) is 2.28. The van der Waals surface area contributed by atoms with Crippen LogP contribution in [0.25, 0.3) is 0 Å². The Hall–Kier alpha value is -1.47. The van der Waals surface area contributed by atoms with E-state index in [1.54, 1.807) is 0 Å². The minimum Gasteiger partial charge on any atom is -0.390 e. The first kappa shape index (κ1) is 13.6. The first-order valence-corrected chi connectivity index (χ1v) is 5.10. The van der Waals surface area contributed by atoms with Crippen LogP contribution in [0.3, 0.4) is 0 Å². The smallest absolute Gasteiger partial charge is 0.340 e. The highest BCUT2D eigenvalue weighted by Gasteiger charge is 2.21. The van der Waals surface area contributed by atoms with E-state index in [0.29, 0.717) is 0 Å². The van der Waals surface area contributed by atoms with E-state index in [0.717, 1.165) is 12.1 Å². The van der Waals surface area contributed by atoms with Crippen LogP contribution in [0.5, 0.6) is 0 Å². The summed E-state index contributed by atoms with van der Waals surface area (Å²) in [6.07, 6.45) is -0.877. The van der Waals surface area contributed by atoms with Gasteiger partial charge in [0.1, 0.15) is 0 Å². The van der Waals surface area contributed by atoms with Crippen LogP contribution >= 0.6 is 11.6 Å². The number of halogens is 3. The molecule has 1 atom stereocenters. The Kier molecular flexibility index (Phi) is 4.59. The number of alkyl halides is 1. The number of hydrogen-bond donors (Lipinski definition) is 2. The molecule has 1 aromatic rings.